The van der Waals surface area contributed by atoms with Gasteiger partial charge in [-0.05, 0) is 19.8 Å². The zero-order valence-electron chi connectivity index (χ0n) is 13.2. The normalized spacial score (nSPS) is 26.8. The van der Waals surface area contributed by atoms with E-state index in [2.05, 4.69) is 36.0 Å². The second-order valence-electron chi connectivity index (χ2n) is 7.01. The first-order valence-electron chi connectivity index (χ1n) is 8.38. The molecule has 7 heteroatoms. The molecule has 0 amide bonds. The maximum absolute atomic E-state index is 4.52. The van der Waals surface area contributed by atoms with Gasteiger partial charge in [0.15, 0.2) is 0 Å². The Balaban J connectivity index is 1.29. The lowest BCUT2D eigenvalue weighted by Gasteiger charge is -2.22. The zero-order valence-corrected chi connectivity index (χ0v) is 14.0. The Kier molecular flexibility index (Phi) is 3.04. The third-order valence-corrected chi connectivity index (χ3v) is 6.17. The molecule has 2 aliphatic heterocycles. The molecule has 6 nitrogen and oxygen atoms in total. The van der Waals surface area contributed by atoms with Gasteiger partial charge in [-0.2, -0.15) is 0 Å². The van der Waals surface area contributed by atoms with E-state index < -0.39 is 0 Å². The molecule has 0 radical (unpaired) electrons. The number of rotatable bonds is 3. The van der Waals surface area contributed by atoms with Crippen LogP contribution in [0.1, 0.15) is 29.5 Å². The molecule has 4 heterocycles. The van der Waals surface area contributed by atoms with E-state index in [0.29, 0.717) is 17.8 Å². The fraction of sp³-hybridized carbons (Fsp3) is 0.625. The summed E-state index contributed by atoms with van der Waals surface area (Å²) in [6.45, 7) is 6.40. The Morgan fingerprint density at radius 3 is 2.39 bits per heavy atom. The molecule has 2 unspecified atom stereocenters. The van der Waals surface area contributed by atoms with Crippen molar-refractivity contribution in [2.75, 3.05) is 36.0 Å². The van der Waals surface area contributed by atoms with Gasteiger partial charge in [-0.1, -0.05) is 11.3 Å². The molecule has 23 heavy (non-hydrogen) atoms. The molecule has 1 saturated carbocycles. The van der Waals surface area contributed by atoms with Gasteiger partial charge in [0, 0.05) is 55.7 Å². The predicted octanol–water partition coefficient (Wildman–Crippen LogP) is 2.09. The largest absolute Gasteiger partial charge is 0.356 e. The Hall–Kier alpha value is -1.76. The van der Waals surface area contributed by atoms with E-state index in [0.717, 1.165) is 42.1 Å². The quantitative estimate of drug-likeness (QED) is 0.860. The van der Waals surface area contributed by atoms with E-state index in [1.807, 2.05) is 6.92 Å². The Bertz CT molecular complexity index is 713. The van der Waals surface area contributed by atoms with E-state index >= 15 is 0 Å². The average molecular weight is 328 g/mol. The molecular weight excluding hydrogens is 308 g/mol. The Morgan fingerprint density at radius 2 is 1.74 bits per heavy atom. The highest BCUT2D eigenvalue weighted by molar-refractivity contribution is 7.15. The second kappa shape index (κ2) is 5.12. The molecule has 0 bridgehead atoms. The number of hydrogen-bond acceptors (Lipinski definition) is 7. The van der Waals surface area contributed by atoms with Gasteiger partial charge in [0.05, 0.1) is 0 Å². The van der Waals surface area contributed by atoms with Crippen LogP contribution in [0, 0.1) is 18.8 Å². The average Bonchev–Trinajstić information content (AvgIpc) is 3.00. The van der Waals surface area contributed by atoms with Crippen LogP contribution in [-0.4, -0.2) is 46.3 Å². The lowest BCUT2D eigenvalue weighted by atomic mass is 10.0. The molecule has 0 aromatic carbocycles. The van der Waals surface area contributed by atoms with Crippen LogP contribution < -0.4 is 9.80 Å². The molecule has 2 saturated heterocycles. The summed E-state index contributed by atoms with van der Waals surface area (Å²) in [6.07, 6.45) is 4.32. The second-order valence-corrected chi connectivity index (χ2v) is 8.17. The Labute approximate surface area is 139 Å². The van der Waals surface area contributed by atoms with Crippen molar-refractivity contribution in [3.05, 3.63) is 23.1 Å². The third kappa shape index (κ3) is 2.47. The van der Waals surface area contributed by atoms with E-state index in [9.17, 15) is 0 Å². The van der Waals surface area contributed by atoms with Crippen LogP contribution in [0.15, 0.2) is 12.4 Å². The van der Waals surface area contributed by atoms with Crippen molar-refractivity contribution < 1.29 is 0 Å². The molecular formula is C16H20N6S. The molecule has 2 aromatic rings. The first kappa shape index (κ1) is 13.7. The van der Waals surface area contributed by atoms with E-state index in [-0.39, 0.29) is 0 Å². The summed E-state index contributed by atoms with van der Waals surface area (Å²) in [5.74, 6) is 3.22. The molecule has 3 fully saturated rings. The minimum atomic E-state index is 0.690. The number of hydrogen-bond donors (Lipinski definition) is 0. The lowest BCUT2D eigenvalue weighted by molar-refractivity contribution is 0.533. The number of anilines is 2. The SMILES string of the molecule is Cc1nnc(N2CC3CN(c4cc(C5CC5)ncn4)CC3C2)s1. The van der Waals surface area contributed by atoms with Crippen LogP contribution in [0.25, 0.3) is 0 Å². The highest BCUT2D eigenvalue weighted by Gasteiger charge is 2.41. The van der Waals surface area contributed by atoms with Gasteiger partial charge in [-0.3, -0.25) is 0 Å². The van der Waals surface area contributed by atoms with Crippen LogP contribution in [0.5, 0.6) is 0 Å². The van der Waals surface area contributed by atoms with Gasteiger partial charge in [-0.15, -0.1) is 10.2 Å². The van der Waals surface area contributed by atoms with E-state index in [4.69, 9.17) is 0 Å². The predicted molar refractivity (Wildman–Crippen MR) is 90.1 cm³/mol. The summed E-state index contributed by atoms with van der Waals surface area (Å²) in [5.41, 5.74) is 1.23. The van der Waals surface area contributed by atoms with Crippen molar-refractivity contribution in [1.29, 1.82) is 0 Å². The first-order valence-corrected chi connectivity index (χ1v) is 9.20. The van der Waals surface area contributed by atoms with Gasteiger partial charge in [0.25, 0.3) is 0 Å². The van der Waals surface area contributed by atoms with Crippen molar-refractivity contribution in [3.63, 3.8) is 0 Å². The first-order chi connectivity index (χ1) is 11.3. The van der Waals surface area contributed by atoms with Gasteiger partial charge in [0.1, 0.15) is 17.2 Å². The van der Waals surface area contributed by atoms with Crippen molar-refractivity contribution in [2.45, 2.75) is 25.7 Å². The highest BCUT2D eigenvalue weighted by Crippen LogP contribution is 2.41. The maximum atomic E-state index is 4.52. The molecule has 0 spiro atoms. The lowest BCUT2D eigenvalue weighted by Crippen LogP contribution is -2.29. The number of nitrogens with zero attached hydrogens (tertiary/aromatic N) is 6. The molecule has 0 N–H and O–H groups in total. The zero-order chi connectivity index (χ0) is 15.4. The summed E-state index contributed by atoms with van der Waals surface area (Å²) in [5, 5.41) is 10.6. The fourth-order valence-electron chi connectivity index (χ4n) is 3.89. The molecule has 120 valence electrons. The van der Waals surface area contributed by atoms with Gasteiger partial charge < -0.3 is 9.80 Å². The number of aromatic nitrogens is 4. The van der Waals surface area contributed by atoms with E-state index in [1.54, 1.807) is 17.7 Å². The van der Waals surface area contributed by atoms with Crippen LogP contribution in [0.4, 0.5) is 10.9 Å². The molecule has 1 aliphatic carbocycles. The summed E-state index contributed by atoms with van der Waals surface area (Å²) < 4.78 is 0. The highest BCUT2D eigenvalue weighted by atomic mass is 32.1. The van der Waals surface area contributed by atoms with Crippen LogP contribution >= 0.6 is 11.3 Å². The Morgan fingerprint density at radius 1 is 1.00 bits per heavy atom. The van der Waals surface area contributed by atoms with Gasteiger partial charge in [-0.25, -0.2) is 9.97 Å². The molecule has 3 aliphatic rings. The van der Waals surface area contributed by atoms with Crippen LogP contribution in [0.3, 0.4) is 0 Å². The summed E-state index contributed by atoms with van der Waals surface area (Å²) in [4.78, 5) is 13.8. The molecule has 5 rings (SSSR count). The van der Waals surface area contributed by atoms with Crippen LogP contribution in [-0.2, 0) is 0 Å². The maximum Gasteiger partial charge on any atom is 0.208 e. The topological polar surface area (TPSA) is 58.0 Å². The smallest absolute Gasteiger partial charge is 0.208 e. The fourth-order valence-corrected chi connectivity index (χ4v) is 4.59. The third-order valence-electron chi connectivity index (χ3n) is 5.27. The van der Waals surface area contributed by atoms with Crippen LogP contribution in [0.2, 0.25) is 0 Å². The summed E-state index contributed by atoms with van der Waals surface area (Å²) in [7, 11) is 0. The van der Waals surface area contributed by atoms with Gasteiger partial charge in [0.2, 0.25) is 5.13 Å². The number of fused-ring (bicyclic) bond motifs is 1. The van der Waals surface area contributed by atoms with Crippen molar-refractivity contribution in [1.82, 2.24) is 20.2 Å². The monoisotopic (exact) mass is 328 g/mol. The minimum absolute atomic E-state index is 0.690. The number of aryl methyl sites for hydroxylation is 1. The molecule has 2 aromatic heterocycles. The minimum Gasteiger partial charge on any atom is -0.356 e. The van der Waals surface area contributed by atoms with Gasteiger partial charge >= 0.3 is 0 Å². The van der Waals surface area contributed by atoms with E-state index in [1.165, 1.54) is 18.5 Å². The summed E-state index contributed by atoms with van der Waals surface area (Å²) >= 11 is 1.70. The standard InChI is InChI=1S/C16H20N6S/c1-10-19-20-16(23-10)22-7-12-5-21(6-13(12)8-22)15-4-14(11-2-3-11)17-9-18-15/h4,9,11-13H,2-3,5-8H2,1H3. The van der Waals surface area contributed by atoms with Crippen molar-refractivity contribution in [2.24, 2.45) is 11.8 Å². The molecule has 2 atom stereocenters. The van der Waals surface area contributed by atoms with Crippen molar-refractivity contribution in [3.8, 4) is 0 Å². The summed E-state index contributed by atoms with van der Waals surface area (Å²) in [6, 6.07) is 2.21. The van der Waals surface area contributed by atoms with Crippen molar-refractivity contribution >= 4 is 22.3 Å².